The quantitative estimate of drug-likeness (QED) is 0.375. The van der Waals surface area contributed by atoms with Crippen LogP contribution in [0.3, 0.4) is 0 Å². The Morgan fingerprint density at radius 3 is 2.53 bits per heavy atom. The number of aromatic nitrogens is 4. The van der Waals surface area contributed by atoms with Crippen LogP contribution in [0.2, 0.25) is 0 Å². The fourth-order valence-corrected chi connectivity index (χ4v) is 3.49. The van der Waals surface area contributed by atoms with Crippen LogP contribution in [0.15, 0.2) is 33.9 Å². The molecule has 0 aliphatic rings. The van der Waals surface area contributed by atoms with Gasteiger partial charge in [0.05, 0.1) is 0 Å². The van der Waals surface area contributed by atoms with Gasteiger partial charge in [0.1, 0.15) is 5.82 Å². The first-order valence-corrected chi connectivity index (χ1v) is 10.2. The van der Waals surface area contributed by atoms with Crippen LogP contribution in [0, 0.1) is 0 Å². The average Bonchev–Trinajstić information content (AvgIpc) is 3.10. The Hall–Kier alpha value is -2.91. The molecule has 0 saturated carbocycles. The summed E-state index contributed by atoms with van der Waals surface area (Å²) in [7, 11) is 1.62. The molecule has 0 bridgehead atoms. The van der Waals surface area contributed by atoms with E-state index in [1.54, 1.807) is 7.05 Å². The minimum absolute atomic E-state index is 0.0962. The number of ether oxygens (including phenoxy) is 1. The molecule has 9 nitrogen and oxygen atoms in total. The van der Waals surface area contributed by atoms with Gasteiger partial charge in [0.2, 0.25) is 0 Å². The van der Waals surface area contributed by atoms with Crippen molar-refractivity contribution in [3.63, 3.8) is 0 Å². The van der Waals surface area contributed by atoms with Crippen LogP contribution in [-0.4, -0.2) is 43.6 Å². The zero-order valence-electron chi connectivity index (χ0n) is 17.5. The number of hydrogen-bond acceptors (Lipinski definition) is 6. The van der Waals surface area contributed by atoms with E-state index in [1.807, 2.05) is 35.8 Å². The summed E-state index contributed by atoms with van der Waals surface area (Å²) in [5.74, 6) is 0.730. The second kappa shape index (κ2) is 9.73. The molecule has 0 aliphatic carbocycles. The Morgan fingerprint density at radius 1 is 1.13 bits per heavy atom. The third-order valence-corrected chi connectivity index (χ3v) is 5.06. The number of nitrogens with two attached hydrogens (primary N) is 1. The third-order valence-electron chi connectivity index (χ3n) is 5.06. The summed E-state index contributed by atoms with van der Waals surface area (Å²) in [6, 6.07) is 7.46. The highest BCUT2D eigenvalue weighted by Gasteiger charge is 2.20. The normalized spacial score (nSPS) is 11.4. The summed E-state index contributed by atoms with van der Waals surface area (Å²) < 4.78 is 9.89. The number of aliphatic hydroxyl groups excluding tert-OH is 1. The molecule has 3 aromatic rings. The number of nitrogens with zero attached hydrogens (tertiary/aromatic N) is 4. The van der Waals surface area contributed by atoms with Gasteiger partial charge in [-0.25, -0.2) is 9.78 Å². The molecule has 0 unspecified atom stereocenters. The van der Waals surface area contributed by atoms with Crippen molar-refractivity contribution in [1.29, 1.82) is 0 Å². The summed E-state index contributed by atoms with van der Waals surface area (Å²) in [6.07, 6.45) is 1.70. The van der Waals surface area contributed by atoms with Gasteiger partial charge in [-0.1, -0.05) is 12.1 Å². The summed E-state index contributed by atoms with van der Waals surface area (Å²) >= 11 is 0. The number of aryl methyl sites for hydroxylation is 2. The van der Waals surface area contributed by atoms with Gasteiger partial charge in [-0.3, -0.25) is 13.9 Å². The van der Waals surface area contributed by atoms with Crippen molar-refractivity contribution in [2.75, 3.05) is 25.6 Å². The Labute approximate surface area is 174 Å². The van der Waals surface area contributed by atoms with Crippen molar-refractivity contribution in [3.05, 3.63) is 56.5 Å². The first-order valence-electron chi connectivity index (χ1n) is 10.2. The molecule has 0 saturated heterocycles. The van der Waals surface area contributed by atoms with E-state index in [0.717, 1.165) is 17.8 Å². The smallest absolute Gasteiger partial charge is 0.332 e. The zero-order chi connectivity index (χ0) is 21.7. The molecule has 0 aliphatic heterocycles. The second-order valence-electron chi connectivity index (χ2n) is 7.20. The largest absolute Gasteiger partial charge is 0.399 e. The summed E-state index contributed by atoms with van der Waals surface area (Å²) in [4.78, 5) is 30.6. The fraction of sp³-hybridized carbons (Fsp3) is 0.476. The molecular formula is C21H29N5O4. The van der Waals surface area contributed by atoms with Crippen molar-refractivity contribution >= 4 is 16.9 Å². The predicted octanol–water partition coefficient (Wildman–Crippen LogP) is 0.879. The Bertz CT molecular complexity index is 1110. The van der Waals surface area contributed by atoms with Crippen molar-refractivity contribution in [1.82, 2.24) is 18.7 Å². The number of fused-ring (bicyclic) bond motifs is 1. The highest BCUT2D eigenvalue weighted by molar-refractivity contribution is 5.71. The Balaban J connectivity index is 2.14. The molecule has 0 atom stereocenters. The number of imidazole rings is 1. The molecule has 30 heavy (non-hydrogen) atoms. The van der Waals surface area contributed by atoms with Crippen LogP contribution in [-0.2, 0) is 31.3 Å². The minimum atomic E-state index is -0.432. The van der Waals surface area contributed by atoms with Gasteiger partial charge in [0.15, 0.2) is 11.2 Å². The van der Waals surface area contributed by atoms with Gasteiger partial charge in [-0.05, 0) is 37.5 Å². The highest BCUT2D eigenvalue weighted by atomic mass is 16.5. The maximum absolute atomic E-state index is 13.2. The molecule has 162 valence electrons. The molecule has 0 fully saturated rings. The van der Waals surface area contributed by atoms with E-state index in [9.17, 15) is 9.59 Å². The molecule has 9 heteroatoms. The van der Waals surface area contributed by atoms with Gasteiger partial charge < -0.3 is 20.1 Å². The molecule has 0 radical (unpaired) electrons. The van der Waals surface area contributed by atoms with Gasteiger partial charge in [-0.15, -0.1) is 0 Å². The van der Waals surface area contributed by atoms with Gasteiger partial charge >= 0.3 is 5.69 Å². The number of hydrogen-bond donors (Lipinski definition) is 2. The Kier molecular flexibility index (Phi) is 7.07. The maximum atomic E-state index is 13.2. The van der Waals surface area contributed by atoms with E-state index >= 15 is 0 Å². The first kappa shape index (κ1) is 21.8. The van der Waals surface area contributed by atoms with Gasteiger partial charge in [0, 0.05) is 52.1 Å². The molecule has 3 N–H and O–H groups in total. The van der Waals surface area contributed by atoms with E-state index < -0.39 is 5.69 Å². The lowest BCUT2D eigenvalue weighted by Gasteiger charge is -2.11. The standard InChI is InChI=1S/C21H29N5O4/c1-3-30-13-4-6-17-23-19-18(26(17)14-15-7-9-16(22)10-8-15)20(28)25(11-5-12-27)21(29)24(19)2/h7-10,27H,3-6,11-14,22H2,1-2H3. The van der Waals surface area contributed by atoms with Crippen molar-refractivity contribution < 1.29 is 9.84 Å². The van der Waals surface area contributed by atoms with Crippen LogP contribution < -0.4 is 17.0 Å². The third kappa shape index (κ3) is 4.47. The van der Waals surface area contributed by atoms with Crippen LogP contribution in [0.4, 0.5) is 5.69 Å². The van der Waals surface area contributed by atoms with Crippen LogP contribution in [0.1, 0.15) is 31.2 Å². The van der Waals surface area contributed by atoms with E-state index in [-0.39, 0.29) is 18.7 Å². The topological polar surface area (TPSA) is 117 Å². The predicted molar refractivity (Wildman–Crippen MR) is 116 cm³/mol. The van der Waals surface area contributed by atoms with Crippen molar-refractivity contribution in [2.45, 2.75) is 39.3 Å². The lowest BCUT2D eigenvalue weighted by atomic mass is 10.2. The zero-order valence-corrected chi connectivity index (χ0v) is 17.5. The van der Waals surface area contributed by atoms with Crippen molar-refractivity contribution in [3.8, 4) is 0 Å². The molecule has 1 aromatic carbocycles. The second-order valence-corrected chi connectivity index (χ2v) is 7.20. The van der Waals surface area contributed by atoms with E-state index in [2.05, 4.69) is 4.98 Å². The van der Waals surface area contributed by atoms with E-state index in [4.69, 9.17) is 15.6 Å². The lowest BCUT2D eigenvalue weighted by molar-refractivity contribution is 0.144. The van der Waals surface area contributed by atoms with E-state index in [0.29, 0.717) is 49.5 Å². The number of benzene rings is 1. The van der Waals surface area contributed by atoms with Crippen LogP contribution in [0.25, 0.3) is 11.2 Å². The van der Waals surface area contributed by atoms with Gasteiger partial charge in [0.25, 0.3) is 5.56 Å². The summed E-state index contributed by atoms with van der Waals surface area (Å²) in [5.41, 5.74) is 7.38. The number of aliphatic hydroxyl groups is 1. The molecule has 2 heterocycles. The molecule has 2 aromatic heterocycles. The molecule has 0 spiro atoms. The summed E-state index contributed by atoms with van der Waals surface area (Å²) in [6.45, 7) is 3.69. The molecular weight excluding hydrogens is 386 g/mol. The number of nitrogen functional groups attached to an aromatic ring is 1. The van der Waals surface area contributed by atoms with E-state index in [1.165, 1.54) is 9.13 Å². The number of rotatable bonds is 10. The minimum Gasteiger partial charge on any atom is -0.399 e. The fourth-order valence-electron chi connectivity index (χ4n) is 3.49. The van der Waals surface area contributed by atoms with Gasteiger partial charge in [-0.2, -0.15) is 0 Å². The summed E-state index contributed by atoms with van der Waals surface area (Å²) in [5, 5.41) is 9.14. The Morgan fingerprint density at radius 2 is 1.87 bits per heavy atom. The molecule has 0 amide bonds. The molecule has 3 rings (SSSR count). The lowest BCUT2D eigenvalue weighted by Crippen LogP contribution is -2.40. The number of anilines is 1. The van der Waals surface area contributed by atoms with Crippen molar-refractivity contribution in [2.24, 2.45) is 7.05 Å². The maximum Gasteiger partial charge on any atom is 0.332 e. The van der Waals surface area contributed by atoms with Crippen LogP contribution >= 0.6 is 0 Å². The first-order chi connectivity index (χ1) is 14.5. The highest BCUT2D eigenvalue weighted by Crippen LogP contribution is 2.16. The SMILES string of the molecule is CCOCCCc1nc2c(c(=O)n(CCCO)c(=O)n2C)n1Cc1ccc(N)cc1. The monoisotopic (exact) mass is 415 g/mol. The van der Waals surface area contributed by atoms with Crippen LogP contribution in [0.5, 0.6) is 0 Å². The average molecular weight is 415 g/mol.